The van der Waals surface area contributed by atoms with Crippen molar-refractivity contribution >= 4 is 11.8 Å². The van der Waals surface area contributed by atoms with Gasteiger partial charge in [-0.15, -0.1) is 0 Å². The predicted molar refractivity (Wildman–Crippen MR) is 76.5 cm³/mol. The van der Waals surface area contributed by atoms with Crippen LogP contribution in [-0.2, 0) is 0 Å². The number of thioether (sulfide) groups is 1. The molecule has 90 valence electrons. The molecule has 0 aromatic carbocycles. The molecule has 16 heavy (non-hydrogen) atoms. The van der Waals surface area contributed by atoms with Crippen molar-refractivity contribution in [2.24, 2.45) is 0 Å². The predicted octanol–water partition coefficient (Wildman–Crippen LogP) is 3.15. The minimum absolute atomic E-state index is 1.06. The van der Waals surface area contributed by atoms with Gasteiger partial charge < -0.3 is 0 Å². The van der Waals surface area contributed by atoms with E-state index in [0.29, 0.717) is 0 Å². The first-order valence-electron chi connectivity index (χ1n) is 5.85. The van der Waals surface area contributed by atoms with Gasteiger partial charge in [-0.1, -0.05) is 49.6 Å². The zero-order valence-electron chi connectivity index (χ0n) is 10.7. The second kappa shape index (κ2) is 10.8. The quantitative estimate of drug-likeness (QED) is 0.737. The lowest BCUT2D eigenvalue weighted by atomic mass is 10.2. The summed E-state index contributed by atoms with van der Waals surface area (Å²) in [5.74, 6) is 1.23. The van der Waals surface area contributed by atoms with Gasteiger partial charge in [-0.3, -0.25) is 4.90 Å². The monoisotopic (exact) mass is 238 g/mol. The van der Waals surface area contributed by atoms with Gasteiger partial charge in [0.15, 0.2) is 0 Å². The van der Waals surface area contributed by atoms with Crippen LogP contribution in [0.25, 0.3) is 0 Å². The Kier molecular flexibility index (Phi) is 10.3. The second-order valence-corrected chi connectivity index (χ2v) is 4.34. The van der Waals surface area contributed by atoms with Crippen molar-refractivity contribution in [3.63, 3.8) is 0 Å². The van der Waals surface area contributed by atoms with Crippen LogP contribution in [0, 0.1) is 0 Å². The van der Waals surface area contributed by atoms with E-state index in [1.165, 1.54) is 18.0 Å². The van der Waals surface area contributed by atoms with E-state index in [4.69, 9.17) is 0 Å². The molecule has 0 amide bonds. The van der Waals surface area contributed by atoms with E-state index in [2.05, 4.69) is 38.1 Å². The highest BCUT2D eigenvalue weighted by Gasteiger charge is 2.04. The van der Waals surface area contributed by atoms with Crippen LogP contribution in [-0.4, -0.2) is 12.4 Å². The highest BCUT2D eigenvalue weighted by Crippen LogP contribution is 2.00. The maximum atomic E-state index is 3.68. The Hall–Kier alpha value is -0.730. The molecule has 0 spiro atoms. The van der Waals surface area contributed by atoms with Gasteiger partial charge in [-0.2, -0.15) is 0 Å². The van der Waals surface area contributed by atoms with E-state index in [1.54, 1.807) is 4.90 Å². The number of rotatable bonds is 4. The molecule has 1 rings (SSSR count). The molecule has 1 heterocycles. The molecule has 2 heteroatoms. The summed E-state index contributed by atoms with van der Waals surface area (Å²) in [6.45, 7) is 11.2. The molecule has 1 unspecified atom stereocenters. The van der Waals surface area contributed by atoms with Gasteiger partial charge in [0.2, 0.25) is 0 Å². The van der Waals surface area contributed by atoms with Crippen LogP contribution >= 0.6 is 11.8 Å². The molecule has 0 radical (unpaired) electrons. The summed E-state index contributed by atoms with van der Waals surface area (Å²) in [4.78, 5) is 1.57. The minimum Gasteiger partial charge on any atom is -0.300 e. The number of hydrogen-bond donors (Lipinski definition) is 1. The molecular formula is C14H24NS+. The molecule has 0 aromatic heterocycles. The van der Waals surface area contributed by atoms with Gasteiger partial charge in [0.1, 0.15) is 12.1 Å². The Morgan fingerprint density at radius 1 is 1.50 bits per heavy atom. The maximum absolute atomic E-state index is 3.68. The van der Waals surface area contributed by atoms with E-state index in [1.807, 2.05) is 36.9 Å². The first-order valence-corrected chi connectivity index (χ1v) is 6.90. The maximum Gasteiger partial charge on any atom is 0.132 e. The van der Waals surface area contributed by atoms with Gasteiger partial charge in [0.05, 0.1) is 6.54 Å². The van der Waals surface area contributed by atoms with Gasteiger partial charge in [-0.25, -0.2) is 0 Å². The van der Waals surface area contributed by atoms with Crippen LogP contribution in [0.15, 0.2) is 48.1 Å². The van der Waals surface area contributed by atoms with Gasteiger partial charge >= 0.3 is 0 Å². The Labute approximate surface area is 105 Å². The summed E-state index contributed by atoms with van der Waals surface area (Å²) in [6, 6.07) is 0. The number of quaternary nitrogens is 1. The molecule has 0 aliphatic carbocycles. The van der Waals surface area contributed by atoms with Crippen molar-refractivity contribution in [1.29, 1.82) is 0 Å². The van der Waals surface area contributed by atoms with Crippen LogP contribution in [0.3, 0.4) is 0 Å². The van der Waals surface area contributed by atoms with Crippen molar-refractivity contribution in [2.75, 3.05) is 12.4 Å². The van der Waals surface area contributed by atoms with Crippen molar-refractivity contribution < 1.29 is 4.90 Å². The van der Waals surface area contributed by atoms with Crippen LogP contribution in [0.2, 0.25) is 0 Å². The fourth-order valence-electron chi connectivity index (χ4n) is 1.12. The Bertz CT molecular complexity index is 264. The average Bonchev–Trinajstić information content (AvgIpc) is 2.84. The molecule has 0 fully saturated rings. The van der Waals surface area contributed by atoms with Crippen LogP contribution in [0.4, 0.5) is 0 Å². The first-order chi connectivity index (χ1) is 7.78. The fourth-order valence-corrected chi connectivity index (χ4v) is 2.02. The van der Waals surface area contributed by atoms with E-state index < -0.39 is 0 Å². The minimum atomic E-state index is 1.06. The zero-order chi connectivity index (χ0) is 12.2. The Balaban J connectivity index is 0.000000288. The summed E-state index contributed by atoms with van der Waals surface area (Å²) in [7, 11) is 0. The van der Waals surface area contributed by atoms with Gasteiger partial charge in [0.25, 0.3) is 0 Å². The van der Waals surface area contributed by atoms with E-state index in [9.17, 15) is 0 Å². The third-order valence-corrected chi connectivity index (χ3v) is 3.16. The standard InChI is InChI=1S/C9H14.C5H9NS/c1-4-7-8-9(5-2)6-3;1-2-6-3-4-7-5-6/h4-5,7-8H,2,6H2,1,3H3;3-4H,2,5H2,1H3/p+1/b7-4-,9-8+;. The lowest BCUT2D eigenvalue weighted by Gasteiger charge is -2.01. The summed E-state index contributed by atoms with van der Waals surface area (Å²) in [6.07, 6.45) is 11.3. The van der Waals surface area contributed by atoms with Crippen LogP contribution < -0.4 is 4.90 Å². The Morgan fingerprint density at radius 3 is 2.56 bits per heavy atom. The largest absolute Gasteiger partial charge is 0.300 e. The first kappa shape index (κ1) is 15.3. The average molecular weight is 238 g/mol. The van der Waals surface area contributed by atoms with Crippen molar-refractivity contribution in [3.8, 4) is 0 Å². The molecule has 0 saturated carbocycles. The van der Waals surface area contributed by atoms with Gasteiger partial charge in [-0.05, 0) is 25.8 Å². The molecular weight excluding hydrogens is 214 g/mol. The van der Waals surface area contributed by atoms with E-state index in [-0.39, 0.29) is 0 Å². The topological polar surface area (TPSA) is 4.44 Å². The van der Waals surface area contributed by atoms with E-state index in [0.717, 1.165) is 6.42 Å². The number of allylic oxidation sites excluding steroid dienone is 5. The van der Waals surface area contributed by atoms with Gasteiger partial charge in [0, 0.05) is 5.41 Å². The molecule has 1 atom stereocenters. The second-order valence-electron chi connectivity index (χ2n) is 3.45. The normalized spacial score (nSPS) is 19.7. The molecule has 1 aliphatic rings. The number of nitrogens with one attached hydrogen (secondary N) is 1. The highest BCUT2D eigenvalue weighted by atomic mass is 32.2. The third-order valence-electron chi connectivity index (χ3n) is 2.30. The SMILES string of the molecule is C=C/C(=C\C=C/C)CC.CC[NH+]1C=CSC1. The fraction of sp³-hybridized carbons (Fsp3) is 0.429. The van der Waals surface area contributed by atoms with E-state index >= 15 is 0 Å². The molecule has 1 nitrogen and oxygen atoms in total. The summed E-state index contributed by atoms with van der Waals surface area (Å²) >= 11 is 1.89. The van der Waals surface area contributed by atoms with Crippen LogP contribution in [0.5, 0.6) is 0 Å². The Morgan fingerprint density at radius 2 is 2.25 bits per heavy atom. The zero-order valence-corrected chi connectivity index (χ0v) is 11.5. The van der Waals surface area contributed by atoms with Crippen molar-refractivity contribution in [2.45, 2.75) is 27.2 Å². The highest BCUT2D eigenvalue weighted by molar-refractivity contribution is 8.02. The van der Waals surface area contributed by atoms with Crippen LogP contribution in [0.1, 0.15) is 27.2 Å². The lowest BCUT2D eigenvalue weighted by Crippen LogP contribution is -3.05. The summed E-state index contributed by atoms with van der Waals surface area (Å²) < 4.78 is 0. The van der Waals surface area contributed by atoms with Crippen molar-refractivity contribution in [1.82, 2.24) is 0 Å². The van der Waals surface area contributed by atoms with Crippen molar-refractivity contribution in [3.05, 3.63) is 48.1 Å². The summed E-state index contributed by atoms with van der Waals surface area (Å²) in [5.41, 5.74) is 1.29. The molecule has 0 saturated heterocycles. The smallest absolute Gasteiger partial charge is 0.132 e. The number of hydrogen-bond acceptors (Lipinski definition) is 1. The molecule has 0 bridgehead atoms. The molecule has 1 aliphatic heterocycles. The third kappa shape index (κ3) is 7.55. The molecule has 0 aromatic rings. The molecule has 1 N–H and O–H groups in total. The summed E-state index contributed by atoms with van der Waals surface area (Å²) in [5, 5.41) is 2.17. The lowest BCUT2D eigenvalue weighted by molar-refractivity contribution is -0.828.